The molecular formula is C27H30O14. The molecule has 14 heteroatoms. The van der Waals surface area contributed by atoms with Crippen molar-refractivity contribution in [2.24, 2.45) is 0 Å². The van der Waals surface area contributed by atoms with Crippen LogP contribution in [0.15, 0.2) is 45.6 Å². The number of benzene rings is 2. The highest BCUT2D eigenvalue weighted by Gasteiger charge is 2.50. The minimum Gasteiger partial charge on any atom is -0.507 e. The molecule has 8 N–H and O–H groups in total. The van der Waals surface area contributed by atoms with Crippen LogP contribution in [-0.4, -0.2) is 110 Å². The van der Waals surface area contributed by atoms with Gasteiger partial charge in [-0.05, 0) is 24.3 Å². The van der Waals surface area contributed by atoms with E-state index in [9.17, 15) is 45.6 Å². The van der Waals surface area contributed by atoms with Crippen LogP contribution in [0.5, 0.6) is 17.2 Å². The van der Waals surface area contributed by atoms with Gasteiger partial charge in [-0.15, -0.1) is 0 Å². The van der Waals surface area contributed by atoms with E-state index >= 15 is 0 Å². The van der Waals surface area contributed by atoms with Crippen molar-refractivity contribution in [2.45, 2.75) is 48.5 Å². The Balaban J connectivity index is 1.44. The summed E-state index contributed by atoms with van der Waals surface area (Å²) >= 11 is 0. The predicted octanol–water partition coefficient (Wildman–Crippen LogP) is -1.14. The largest absolute Gasteiger partial charge is 0.507 e. The lowest BCUT2D eigenvalue weighted by Gasteiger charge is -2.41. The third-order valence-corrected chi connectivity index (χ3v) is 7.39. The fourth-order valence-electron chi connectivity index (χ4n) is 4.93. The molecule has 8 atom stereocenters. The normalized spacial score (nSPS) is 31.9. The smallest absolute Gasteiger partial charge is 0.197 e. The van der Waals surface area contributed by atoms with Crippen molar-refractivity contribution < 1.29 is 64.2 Å². The van der Waals surface area contributed by atoms with Crippen molar-refractivity contribution in [2.75, 3.05) is 26.9 Å². The average Bonchev–Trinajstić information content (AvgIpc) is 3.25. The molecular weight excluding hydrogens is 548 g/mol. The van der Waals surface area contributed by atoms with Gasteiger partial charge in [0.2, 0.25) is 0 Å². The van der Waals surface area contributed by atoms with Gasteiger partial charge in [0, 0.05) is 17.7 Å². The zero-order valence-corrected chi connectivity index (χ0v) is 21.7. The van der Waals surface area contributed by atoms with Crippen LogP contribution >= 0.6 is 0 Å². The second kappa shape index (κ2) is 11.2. The molecule has 2 saturated heterocycles. The number of aliphatic hydroxyl groups is 6. The molecule has 0 amide bonds. The van der Waals surface area contributed by atoms with Gasteiger partial charge < -0.3 is 64.2 Å². The number of phenolic OH excluding ortho intramolecular Hbond substituents is 2. The average molecular weight is 579 g/mol. The summed E-state index contributed by atoms with van der Waals surface area (Å²) < 4.78 is 27.1. The van der Waals surface area contributed by atoms with Crippen molar-refractivity contribution in [3.05, 3.63) is 52.2 Å². The molecule has 1 aromatic heterocycles. The van der Waals surface area contributed by atoms with E-state index in [2.05, 4.69) is 0 Å². The van der Waals surface area contributed by atoms with Crippen molar-refractivity contribution in [1.82, 2.24) is 0 Å². The molecule has 2 aliphatic rings. The first-order valence-electron chi connectivity index (χ1n) is 12.6. The Labute approximate surface area is 231 Å². The molecule has 222 valence electrons. The van der Waals surface area contributed by atoms with Crippen LogP contribution in [0.3, 0.4) is 0 Å². The Morgan fingerprint density at radius 1 is 1.02 bits per heavy atom. The van der Waals surface area contributed by atoms with Crippen molar-refractivity contribution >= 4 is 11.0 Å². The number of methoxy groups -OCH3 is 1. The molecule has 0 bridgehead atoms. The van der Waals surface area contributed by atoms with E-state index in [1.54, 1.807) is 24.3 Å². The molecule has 5 rings (SSSR count). The Kier molecular flexibility index (Phi) is 7.95. The number of fused-ring (bicyclic) bond motifs is 1. The molecule has 0 saturated carbocycles. The summed E-state index contributed by atoms with van der Waals surface area (Å²) in [4.78, 5) is 13.1. The first-order valence-corrected chi connectivity index (χ1v) is 12.6. The number of hydrogen-bond acceptors (Lipinski definition) is 14. The monoisotopic (exact) mass is 578 g/mol. The molecule has 0 radical (unpaired) electrons. The van der Waals surface area contributed by atoms with Crippen LogP contribution < -0.4 is 10.2 Å². The van der Waals surface area contributed by atoms with Gasteiger partial charge in [0.1, 0.15) is 76.2 Å². The summed E-state index contributed by atoms with van der Waals surface area (Å²) in [5.41, 5.74) is -2.74. The molecule has 3 aromatic rings. The number of phenols is 2. The van der Waals surface area contributed by atoms with Crippen LogP contribution in [0, 0.1) is 0 Å². The summed E-state index contributed by atoms with van der Waals surface area (Å²) in [6, 6.07) is 8.81. The van der Waals surface area contributed by atoms with Gasteiger partial charge in [0.15, 0.2) is 11.7 Å². The van der Waals surface area contributed by atoms with E-state index in [4.69, 9.17) is 23.4 Å². The van der Waals surface area contributed by atoms with Gasteiger partial charge in [-0.3, -0.25) is 4.79 Å². The van der Waals surface area contributed by atoms with Crippen LogP contribution in [0.2, 0.25) is 0 Å². The molecule has 2 aromatic carbocycles. The molecule has 2 fully saturated rings. The maximum absolute atomic E-state index is 13.1. The van der Waals surface area contributed by atoms with Crippen molar-refractivity contribution in [3.63, 3.8) is 0 Å². The molecule has 8 unspecified atom stereocenters. The van der Waals surface area contributed by atoms with Crippen molar-refractivity contribution in [1.29, 1.82) is 0 Å². The SMILES string of the molecule is COc1ccc(-c2cc(=O)c3c(O)c(C4OC(COC5OCC(O)(CO)C5O)C(O)C(O)C4O)c(O)cc3o2)cc1. The summed E-state index contributed by atoms with van der Waals surface area (Å²) in [7, 11) is 1.50. The molecule has 14 nitrogen and oxygen atoms in total. The fraction of sp³-hybridized carbons (Fsp3) is 0.444. The van der Waals surface area contributed by atoms with E-state index in [0.29, 0.717) is 11.3 Å². The van der Waals surface area contributed by atoms with E-state index in [1.165, 1.54) is 7.11 Å². The van der Waals surface area contributed by atoms with Crippen LogP contribution in [0.25, 0.3) is 22.3 Å². The Morgan fingerprint density at radius 3 is 2.37 bits per heavy atom. The third-order valence-electron chi connectivity index (χ3n) is 7.39. The molecule has 0 aliphatic carbocycles. The van der Waals surface area contributed by atoms with Crippen LogP contribution in [0.1, 0.15) is 11.7 Å². The van der Waals surface area contributed by atoms with Gasteiger partial charge >= 0.3 is 0 Å². The van der Waals surface area contributed by atoms with Gasteiger partial charge in [0.05, 0.1) is 32.5 Å². The Bertz CT molecular complexity index is 1460. The van der Waals surface area contributed by atoms with Crippen LogP contribution in [-0.2, 0) is 14.2 Å². The molecule has 41 heavy (non-hydrogen) atoms. The topological polar surface area (TPSA) is 229 Å². The van der Waals surface area contributed by atoms with E-state index in [-0.39, 0.29) is 16.7 Å². The number of aromatic hydroxyl groups is 2. The van der Waals surface area contributed by atoms with Gasteiger partial charge in [-0.1, -0.05) is 0 Å². The quantitative estimate of drug-likeness (QED) is 0.166. The fourth-order valence-corrected chi connectivity index (χ4v) is 4.93. The minimum absolute atomic E-state index is 0.144. The van der Waals surface area contributed by atoms with Gasteiger partial charge in [0.25, 0.3) is 0 Å². The van der Waals surface area contributed by atoms with Gasteiger partial charge in [-0.2, -0.15) is 0 Å². The second-order valence-corrected chi connectivity index (χ2v) is 10.0. The highest BCUT2D eigenvalue weighted by atomic mass is 16.7. The predicted molar refractivity (Wildman–Crippen MR) is 137 cm³/mol. The van der Waals surface area contributed by atoms with E-state index < -0.39 is 90.8 Å². The summed E-state index contributed by atoms with van der Waals surface area (Å²) in [5.74, 6) is -0.687. The number of rotatable bonds is 7. The summed E-state index contributed by atoms with van der Waals surface area (Å²) in [5, 5.41) is 82.8. The maximum atomic E-state index is 13.1. The zero-order valence-electron chi connectivity index (χ0n) is 21.7. The van der Waals surface area contributed by atoms with Crippen molar-refractivity contribution in [3.8, 4) is 28.6 Å². The molecule has 2 aliphatic heterocycles. The lowest BCUT2D eigenvalue weighted by Crippen LogP contribution is -2.56. The van der Waals surface area contributed by atoms with Gasteiger partial charge in [-0.25, -0.2) is 0 Å². The zero-order chi connectivity index (χ0) is 29.6. The number of aliphatic hydroxyl groups excluding tert-OH is 5. The lowest BCUT2D eigenvalue weighted by molar-refractivity contribution is -0.253. The third kappa shape index (κ3) is 5.14. The first kappa shape index (κ1) is 29.2. The summed E-state index contributed by atoms with van der Waals surface area (Å²) in [6.07, 6.45) is -11.6. The second-order valence-electron chi connectivity index (χ2n) is 10.0. The first-order chi connectivity index (χ1) is 19.5. The summed E-state index contributed by atoms with van der Waals surface area (Å²) in [6.45, 7) is -1.79. The number of ether oxygens (including phenoxy) is 4. The lowest BCUT2D eigenvalue weighted by atomic mass is 9.89. The van der Waals surface area contributed by atoms with E-state index in [1.807, 2.05) is 0 Å². The van der Waals surface area contributed by atoms with E-state index in [0.717, 1.165) is 12.1 Å². The highest BCUT2D eigenvalue weighted by molar-refractivity contribution is 5.88. The highest BCUT2D eigenvalue weighted by Crippen LogP contribution is 2.45. The number of hydrogen-bond donors (Lipinski definition) is 8. The molecule has 3 heterocycles. The minimum atomic E-state index is -1.97. The van der Waals surface area contributed by atoms with Crippen LogP contribution in [0.4, 0.5) is 0 Å². The molecule has 0 spiro atoms. The Hall–Kier alpha value is -3.31. The Morgan fingerprint density at radius 2 is 1.73 bits per heavy atom. The standard InChI is InChI=1S/C27H30O14/c1-37-12-4-2-11(3-5-12)15-6-13(29)18-16(40-15)7-14(30)19(21(18)32)24-23(34)22(33)20(31)17(41-24)8-38-26-25(35)27(36,9-28)10-39-26/h2-7,17,20,22-26,28,30-36H,8-10H2,1H3. The maximum Gasteiger partial charge on any atom is 0.197 e.